The molecule has 0 aliphatic rings. The molecule has 0 aromatic heterocycles. The minimum absolute atomic E-state index is 0.316. The van der Waals surface area contributed by atoms with Crippen LogP contribution in [0.3, 0.4) is 0 Å². The summed E-state index contributed by atoms with van der Waals surface area (Å²) in [5.41, 5.74) is 1.16. The highest BCUT2D eigenvalue weighted by atomic mass is 16.5. The van der Waals surface area contributed by atoms with Gasteiger partial charge in [0.2, 0.25) is 0 Å². The summed E-state index contributed by atoms with van der Waals surface area (Å²) < 4.78 is 5.58. The quantitative estimate of drug-likeness (QED) is 0.722. The molecule has 2 N–H and O–H groups in total. The van der Waals surface area contributed by atoms with Gasteiger partial charge in [-0.3, -0.25) is 0 Å². The molecule has 0 amide bonds. The number of nitrogens with zero attached hydrogens (tertiary/aromatic N) is 1. The van der Waals surface area contributed by atoms with Crippen molar-refractivity contribution in [1.82, 2.24) is 10.2 Å². The average molecular weight is 280 g/mol. The maximum Gasteiger partial charge on any atom is 0.119 e. The fourth-order valence-electron chi connectivity index (χ4n) is 1.85. The molecule has 0 saturated heterocycles. The van der Waals surface area contributed by atoms with Crippen LogP contribution in [-0.2, 0) is 0 Å². The Hall–Kier alpha value is -1.10. The first-order valence-electron chi connectivity index (χ1n) is 7.23. The molecule has 0 aliphatic carbocycles. The van der Waals surface area contributed by atoms with Crippen LogP contribution in [0.4, 0.5) is 0 Å². The van der Waals surface area contributed by atoms with E-state index in [4.69, 9.17) is 4.74 Å². The van der Waals surface area contributed by atoms with E-state index < -0.39 is 6.10 Å². The highest BCUT2D eigenvalue weighted by Gasteiger charge is 2.08. The van der Waals surface area contributed by atoms with E-state index in [0.717, 1.165) is 24.3 Å². The number of aliphatic hydroxyl groups excluding tert-OH is 1. The molecule has 0 spiro atoms. The van der Waals surface area contributed by atoms with Gasteiger partial charge in [-0.25, -0.2) is 0 Å². The normalized spacial score (nSPS) is 14.3. The number of rotatable bonds is 9. The predicted octanol–water partition coefficient (Wildman–Crippen LogP) is 1.66. The molecular formula is C16H28N2O2. The van der Waals surface area contributed by atoms with Crippen LogP contribution >= 0.6 is 0 Å². The summed E-state index contributed by atoms with van der Waals surface area (Å²) in [5.74, 6) is 0.810. The zero-order valence-electron chi connectivity index (χ0n) is 13.1. The van der Waals surface area contributed by atoms with Gasteiger partial charge in [-0.15, -0.1) is 0 Å². The third-order valence-corrected chi connectivity index (χ3v) is 3.14. The van der Waals surface area contributed by atoms with Crippen molar-refractivity contribution in [2.24, 2.45) is 0 Å². The molecule has 1 aromatic carbocycles. The van der Waals surface area contributed by atoms with Crippen molar-refractivity contribution >= 4 is 0 Å². The minimum Gasteiger partial charge on any atom is -0.491 e. The Balaban J connectivity index is 2.18. The SMILES string of the molecule is Cc1cccc(OCC(O)CNC(C)CCN(C)C)c1. The molecule has 2 unspecified atom stereocenters. The van der Waals surface area contributed by atoms with Crippen LogP contribution in [0.2, 0.25) is 0 Å². The minimum atomic E-state index is -0.489. The molecule has 4 heteroatoms. The molecule has 0 fully saturated rings. The lowest BCUT2D eigenvalue weighted by molar-refractivity contribution is 0.103. The predicted molar refractivity (Wildman–Crippen MR) is 83.3 cm³/mol. The summed E-state index contributed by atoms with van der Waals surface area (Å²) in [6, 6.07) is 8.26. The van der Waals surface area contributed by atoms with Gasteiger partial charge < -0.3 is 20.1 Å². The second-order valence-electron chi connectivity index (χ2n) is 5.68. The fourth-order valence-corrected chi connectivity index (χ4v) is 1.85. The zero-order chi connectivity index (χ0) is 15.0. The van der Waals surface area contributed by atoms with Crippen LogP contribution in [0.5, 0.6) is 5.75 Å². The van der Waals surface area contributed by atoms with Crippen LogP contribution < -0.4 is 10.1 Å². The van der Waals surface area contributed by atoms with Gasteiger partial charge in [0, 0.05) is 12.6 Å². The Morgan fingerprint density at radius 1 is 1.35 bits per heavy atom. The maximum atomic E-state index is 9.91. The van der Waals surface area contributed by atoms with E-state index in [1.807, 2.05) is 31.2 Å². The van der Waals surface area contributed by atoms with Crippen LogP contribution in [0, 0.1) is 6.92 Å². The number of aliphatic hydroxyl groups is 1. The summed E-state index contributed by atoms with van der Waals surface area (Å²) in [5, 5.41) is 13.2. The summed E-state index contributed by atoms with van der Waals surface area (Å²) in [6.07, 6.45) is 0.579. The van der Waals surface area contributed by atoms with Crippen molar-refractivity contribution in [2.75, 3.05) is 33.8 Å². The van der Waals surface area contributed by atoms with Crippen molar-refractivity contribution in [3.8, 4) is 5.75 Å². The third-order valence-electron chi connectivity index (χ3n) is 3.14. The van der Waals surface area contributed by atoms with Crippen molar-refractivity contribution in [2.45, 2.75) is 32.4 Å². The molecule has 2 atom stereocenters. The van der Waals surface area contributed by atoms with Gasteiger partial charge in [0.05, 0.1) is 0 Å². The molecule has 0 bridgehead atoms. The van der Waals surface area contributed by atoms with Crippen molar-refractivity contribution in [1.29, 1.82) is 0 Å². The number of benzene rings is 1. The molecule has 20 heavy (non-hydrogen) atoms. The van der Waals surface area contributed by atoms with Crippen LogP contribution in [-0.4, -0.2) is 55.9 Å². The summed E-state index contributed by atoms with van der Waals surface area (Å²) in [4.78, 5) is 2.16. The average Bonchev–Trinajstić information content (AvgIpc) is 2.40. The van der Waals surface area contributed by atoms with Crippen LogP contribution in [0.1, 0.15) is 18.9 Å². The van der Waals surface area contributed by atoms with Crippen molar-refractivity contribution in [3.63, 3.8) is 0 Å². The zero-order valence-corrected chi connectivity index (χ0v) is 13.1. The number of ether oxygens (including phenoxy) is 1. The van der Waals surface area contributed by atoms with E-state index in [9.17, 15) is 5.11 Å². The van der Waals surface area contributed by atoms with Crippen molar-refractivity contribution in [3.05, 3.63) is 29.8 Å². The van der Waals surface area contributed by atoms with E-state index in [-0.39, 0.29) is 0 Å². The van der Waals surface area contributed by atoms with E-state index in [1.54, 1.807) is 0 Å². The number of nitrogens with one attached hydrogen (secondary N) is 1. The maximum absolute atomic E-state index is 9.91. The summed E-state index contributed by atoms with van der Waals surface area (Å²) in [6.45, 7) is 6.08. The lowest BCUT2D eigenvalue weighted by Gasteiger charge is -2.19. The second-order valence-corrected chi connectivity index (χ2v) is 5.68. The Morgan fingerprint density at radius 2 is 2.10 bits per heavy atom. The first kappa shape index (κ1) is 17.0. The standard InChI is InChI=1S/C16H28N2O2/c1-13-6-5-7-16(10-13)20-12-15(19)11-17-14(2)8-9-18(3)4/h5-7,10,14-15,17,19H,8-9,11-12H2,1-4H3. The van der Waals surface area contributed by atoms with Gasteiger partial charge in [0.25, 0.3) is 0 Å². The lowest BCUT2D eigenvalue weighted by Crippen LogP contribution is -2.37. The van der Waals surface area contributed by atoms with Gasteiger partial charge in [-0.2, -0.15) is 0 Å². The highest BCUT2D eigenvalue weighted by molar-refractivity contribution is 5.27. The number of hydrogen-bond acceptors (Lipinski definition) is 4. The largest absolute Gasteiger partial charge is 0.491 e. The van der Waals surface area contributed by atoms with Crippen LogP contribution in [0.15, 0.2) is 24.3 Å². The molecule has 0 radical (unpaired) electrons. The van der Waals surface area contributed by atoms with E-state index in [1.165, 1.54) is 0 Å². The first-order valence-corrected chi connectivity index (χ1v) is 7.23. The molecule has 1 aromatic rings. The third kappa shape index (κ3) is 7.48. The number of aryl methyl sites for hydroxylation is 1. The smallest absolute Gasteiger partial charge is 0.119 e. The Bertz CT molecular complexity index is 382. The Morgan fingerprint density at radius 3 is 2.75 bits per heavy atom. The number of hydrogen-bond donors (Lipinski definition) is 2. The first-order chi connectivity index (χ1) is 9.47. The van der Waals surface area contributed by atoms with Gasteiger partial charge in [-0.1, -0.05) is 12.1 Å². The molecule has 1 rings (SSSR count). The Kier molecular flexibility index (Phi) is 7.59. The van der Waals surface area contributed by atoms with E-state index in [2.05, 4.69) is 31.2 Å². The molecule has 4 nitrogen and oxygen atoms in total. The van der Waals surface area contributed by atoms with Gasteiger partial charge in [0.1, 0.15) is 18.5 Å². The topological polar surface area (TPSA) is 44.7 Å². The highest BCUT2D eigenvalue weighted by Crippen LogP contribution is 2.12. The summed E-state index contributed by atoms with van der Waals surface area (Å²) in [7, 11) is 4.13. The summed E-state index contributed by atoms with van der Waals surface area (Å²) >= 11 is 0. The fraction of sp³-hybridized carbons (Fsp3) is 0.625. The van der Waals surface area contributed by atoms with Crippen LogP contribution in [0.25, 0.3) is 0 Å². The van der Waals surface area contributed by atoms with Gasteiger partial charge in [-0.05, 0) is 58.6 Å². The molecule has 0 aliphatic heterocycles. The van der Waals surface area contributed by atoms with Crippen molar-refractivity contribution < 1.29 is 9.84 Å². The van der Waals surface area contributed by atoms with Gasteiger partial charge in [0.15, 0.2) is 0 Å². The molecule has 114 valence electrons. The van der Waals surface area contributed by atoms with E-state index in [0.29, 0.717) is 19.2 Å². The lowest BCUT2D eigenvalue weighted by atomic mass is 10.2. The monoisotopic (exact) mass is 280 g/mol. The van der Waals surface area contributed by atoms with E-state index >= 15 is 0 Å². The van der Waals surface area contributed by atoms with Gasteiger partial charge >= 0.3 is 0 Å². The molecule has 0 saturated carbocycles. The Labute approximate surface area is 122 Å². The molecular weight excluding hydrogens is 252 g/mol. The molecule has 0 heterocycles. The second kappa shape index (κ2) is 8.95.